The van der Waals surface area contributed by atoms with Crippen molar-refractivity contribution >= 4 is 29.4 Å². The third-order valence-corrected chi connectivity index (χ3v) is 3.68. The zero-order chi connectivity index (χ0) is 22.8. The number of nitro groups is 1. The van der Waals surface area contributed by atoms with Crippen molar-refractivity contribution in [3.63, 3.8) is 0 Å². The summed E-state index contributed by atoms with van der Waals surface area (Å²) in [5.74, 6) is -3.18. The molecule has 158 valence electrons. The van der Waals surface area contributed by atoms with Gasteiger partial charge in [0, 0.05) is 12.1 Å². The molecule has 0 saturated heterocycles. The standard InChI is InChI=1S/C17H23N5O7/c1-9(18)15(24)20-10(2)16(25)21-13(7-14(19)23)17(26)29-8-11-3-5-12(6-4-11)22(27)28/h3-6,9-10,13H,7-8,18H2,1-2H3,(H2,19,23)(H,20,24)(H,21,25)/t9-,10-,13-/m0/s1/i/hD. The van der Waals surface area contributed by atoms with Gasteiger partial charge in [0.1, 0.15) is 20.1 Å². The van der Waals surface area contributed by atoms with Crippen LogP contribution in [0.1, 0.15) is 25.8 Å². The average Bonchev–Trinajstić information content (AvgIpc) is 2.70. The normalized spacial score (nSPS) is 13.9. The highest BCUT2D eigenvalue weighted by molar-refractivity contribution is 5.93. The van der Waals surface area contributed by atoms with Crippen molar-refractivity contribution < 1.29 is 30.3 Å². The van der Waals surface area contributed by atoms with Gasteiger partial charge in [0.2, 0.25) is 17.7 Å². The van der Waals surface area contributed by atoms with E-state index in [0.29, 0.717) is 5.56 Å². The maximum atomic E-state index is 12.3. The number of carbonyl (C=O) groups is 4. The van der Waals surface area contributed by atoms with Crippen molar-refractivity contribution in [3.05, 3.63) is 39.9 Å². The van der Waals surface area contributed by atoms with Gasteiger partial charge in [0.25, 0.3) is 5.69 Å². The fourth-order valence-corrected chi connectivity index (χ4v) is 2.06. The second-order valence-electron chi connectivity index (χ2n) is 6.21. The summed E-state index contributed by atoms with van der Waals surface area (Å²) < 4.78 is 12.0. The molecular formula is C17H23N5O7. The van der Waals surface area contributed by atoms with Gasteiger partial charge in [0.15, 0.2) is 0 Å². The Labute approximate surface area is 167 Å². The molecule has 0 heterocycles. The molecule has 12 nitrogen and oxygen atoms in total. The number of nitrogens with zero attached hydrogens (tertiary/aromatic N) is 1. The van der Waals surface area contributed by atoms with Crippen LogP contribution >= 0.6 is 0 Å². The number of ether oxygens (including phenoxy) is 1. The molecule has 0 unspecified atom stereocenters. The summed E-state index contributed by atoms with van der Waals surface area (Å²) in [5, 5.41) is 15.3. The first-order valence-corrected chi connectivity index (χ1v) is 8.51. The van der Waals surface area contributed by atoms with Crippen molar-refractivity contribution in [2.45, 2.75) is 45.0 Å². The van der Waals surface area contributed by atoms with E-state index in [9.17, 15) is 29.3 Å². The number of nitrogens with one attached hydrogen (secondary N) is 2. The lowest BCUT2D eigenvalue weighted by molar-refractivity contribution is -0.384. The lowest BCUT2D eigenvalue weighted by Gasteiger charge is -2.20. The second kappa shape index (κ2) is 10.7. The zero-order valence-electron chi connectivity index (χ0n) is 16.8. The van der Waals surface area contributed by atoms with Crippen LogP contribution in [0.3, 0.4) is 0 Å². The fourth-order valence-electron chi connectivity index (χ4n) is 2.06. The predicted octanol–water partition coefficient (Wildman–Crippen LogP) is -1.15. The van der Waals surface area contributed by atoms with Crippen LogP contribution in [0.4, 0.5) is 5.69 Å². The van der Waals surface area contributed by atoms with E-state index in [4.69, 9.17) is 11.9 Å². The molecule has 29 heavy (non-hydrogen) atoms. The SMILES string of the molecule is [2H]N[C@@H](C)C(=O)N[C@@H](C)C(=O)N[C@@H](CC(N)=O)C(=O)OCc1ccc([N+](=O)[O-])cc1. The number of esters is 1. The first-order valence-electron chi connectivity index (χ1n) is 9.01. The van der Waals surface area contributed by atoms with Gasteiger partial charge in [-0.2, -0.15) is 0 Å². The molecule has 6 N–H and O–H groups in total. The van der Waals surface area contributed by atoms with Gasteiger partial charge >= 0.3 is 5.97 Å². The topological polar surface area (TPSA) is 197 Å². The summed E-state index contributed by atoms with van der Waals surface area (Å²) in [5.41, 5.74) is 7.41. The molecule has 0 saturated carbocycles. The Morgan fingerprint density at radius 1 is 1.17 bits per heavy atom. The molecule has 1 rings (SSSR count). The molecule has 0 aliphatic carbocycles. The lowest BCUT2D eigenvalue weighted by atomic mass is 10.1. The monoisotopic (exact) mass is 410 g/mol. The molecule has 0 aromatic heterocycles. The second-order valence-corrected chi connectivity index (χ2v) is 6.21. The number of hydrogen-bond acceptors (Lipinski definition) is 8. The Morgan fingerprint density at radius 2 is 1.79 bits per heavy atom. The largest absolute Gasteiger partial charge is 0.459 e. The minimum absolute atomic E-state index is 0.130. The van der Waals surface area contributed by atoms with Crippen LogP contribution in [0.2, 0.25) is 1.41 Å². The molecule has 0 spiro atoms. The van der Waals surface area contributed by atoms with E-state index in [1.165, 1.54) is 38.1 Å². The average molecular weight is 410 g/mol. The van der Waals surface area contributed by atoms with E-state index in [1.54, 1.807) is 0 Å². The third-order valence-electron chi connectivity index (χ3n) is 3.68. The van der Waals surface area contributed by atoms with Crippen LogP contribution in [0.25, 0.3) is 0 Å². The molecule has 0 radical (unpaired) electrons. The highest BCUT2D eigenvalue weighted by Gasteiger charge is 2.27. The van der Waals surface area contributed by atoms with Gasteiger partial charge in [-0.05, 0) is 31.5 Å². The minimum Gasteiger partial charge on any atom is -0.459 e. The van der Waals surface area contributed by atoms with Crippen molar-refractivity contribution in [1.82, 2.24) is 10.6 Å². The van der Waals surface area contributed by atoms with Crippen molar-refractivity contribution in [2.24, 2.45) is 11.5 Å². The molecule has 1 aromatic carbocycles. The minimum atomic E-state index is -1.39. The summed E-state index contributed by atoms with van der Waals surface area (Å²) >= 11 is 0. The van der Waals surface area contributed by atoms with E-state index < -0.39 is 53.2 Å². The van der Waals surface area contributed by atoms with Crippen LogP contribution in [0, 0.1) is 10.1 Å². The Kier molecular flexibility index (Phi) is 8.03. The van der Waals surface area contributed by atoms with E-state index in [2.05, 4.69) is 10.6 Å². The molecular weight excluding hydrogens is 386 g/mol. The van der Waals surface area contributed by atoms with Crippen LogP contribution in [-0.2, 0) is 30.5 Å². The number of primary amides is 1. The third kappa shape index (κ3) is 7.92. The van der Waals surface area contributed by atoms with E-state index >= 15 is 0 Å². The summed E-state index contributed by atoms with van der Waals surface area (Å²) in [4.78, 5) is 57.6. The number of carbonyl (C=O) groups excluding carboxylic acids is 4. The van der Waals surface area contributed by atoms with Crippen molar-refractivity contribution in [1.29, 1.82) is 0 Å². The number of non-ortho nitro benzene ring substituents is 1. The number of nitro benzene ring substituents is 1. The quantitative estimate of drug-likeness (QED) is 0.199. The number of rotatable bonds is 11. The molecule has 1 aromatic rings. The zero-order valence-corrected chi connectivity index (χ0v) is 15.8. The van der Waals surface area contributed by atoms with E-state index in [-0.39, 0.29) is 12.3 Å². The number of amides is 3. The molecule has 0 fully saturated rings. The molecule has 3 amide bonds. The highest BCUT2D eigenvalue weighted by Crippen LogP contribution is 2.13. The molecule has 12 heteroatoms. The molecule has 0 aliphatic rings. The number of hydrogen-bond donors (Lipinski definition) is 4. The maximum absolute atomic E-state index is 12.3. The summed E-state index contributed by atoms with van der Waals surface area (Å²) in [6, 6.07) is 1.95. The van der Waals surface area contributed by atoms with Gasteiger partial charge in [-0.3, -0.25) is 24.5 Å². The Morgan fingerprint density at radius 3 is 2.31 bits per heavy atom. The number of benzene rings is 1. The summed E-state index contributed by atoms with van der Waals surface area (Å²) in [6.45, 7) is 2.52. The van der Waals surface area contributed by atoms with Gasteiger partial charge < -0.3 is 26.8 Å². The van der Waals surface area contributed by atoms with Crippen LogP contribution in [-0.4, -0.2) is 46.7 Å². The van der Waals surface area contributed by atoms with Gasteiger partial charge in [-0.25, -0.2) is 4.79 Å². The van der Waals surface area contributed by atoms with Crippen molar-refractivity contribution in [3.8, 4) is 0 Å². The fraction of sp³-hybridized carbons (Fsp3) is 0.412. The van der Waals surface area contributed by atoms with Crippen molar-refractivity contribution in [2.75, 3.05) is 0 Å². The Balaban J connectivity index is 2.71. The molecule has 0 aliphatic heterocycles. The summed E-state index contributed by atoms with van der Waals surface area (Å²) in [7, 11) is 0. The van der Waals surface area contributed by atoms with E-state index in [0.717, 1.165) is 0 Å². The van der Waals surface area contributed by atoms with E-state index in [1.807, 2.05) is 5.73 Å². The smallest absolute Gasteiger partial charge is 0.329 e. The number of nitrogens with two attached hydrogens (primary N) is 2. The molecule has 3 atom stereocenters. The van der Waals surface area contributed by atoms with Gasteiger partial charge in [-0.1, -0.05) is 0 Å². The first kappa shape index (κ1) is 21.8. The van der Waals surface area contributed by atoms with Gasteiger partial charge in [0.05, 0.1) is 17.4 Å². The summed E-state index contributed by atoms with van der Waals surface area (Å²) in [6.07, 6.45) is -0.532. The lowest BCUT2D eigenvalue weighted by Crippen LogP contribution is -2.53. The predicted molar refractivity (Wildman–Crippen MR) is 99.9 cm³/mol. The van der Waals surface area contributed by atoms with Crippen LogP contribution < -0.4 is 22.1 Å². The van der Waals surface area contributed by atoms with Gasteiger partial charge in [-0.15, -0.1) is 0 Å². The Hall–Kier alpha value is -3.54. The Bertz CT molecular complexity index is 802. The van der Waals surface area contributed by atoms with Crippen LogP contribution in [0.5, 0.6) is 0 Å². The highest BCUT2D eigenvalue weighted by atomic mass is 16.6. The van der Waals surface area contributed by atoms with Crippen LogP contribution in [0.15, 0.2) is 24.3 Å². The first-order chi connectivity index (χ1) is 14.0. The molecule has 0 bridgehead atoms. The maximum Gasteiger partial charge on any atom is 0.329 e.